The van der Waals surface area contributed by atoms with Crippen LogP contribution in [0.1, 0.15) is 25.3 Å². The van der Waals surface area contributed by atoms with E-state index in [0.29, 0.717) is 11.5 Å². The van der Waals surface area contributed by atoms with Crippen molar-refractivity contribution < 1.29 is 14.6 Å². The molecule has 0 aromatic carbocycles. The monoisotopic (exact) mass is 263 g/mol. The van der Waals surface area contributed by atoms with Gasteiger partial charge in [-0.3, -0.25) is 4.68 Å². The number of aromatic nitrogens is 2. The second kappa shape index (κ2) is 5.69. The van der Waals surface area contributed by atoms with Crippen LogP contribution in [0, 0.1) is 11.3 Å². The molecule has 0 amide bonds. The quantitative estimate of drug-likeness (QED) is 0.353. The molecule has 0 bridgehead atoms. The van der Waals surface area contributed by atoms with Gasteiger partial charge >= 0.3 is 5.97 Å². The molecule has 1 fully saturated rings. The molecule has 1 aromatic rings. The lowest BCUT2D eigenvalue weighted by Crippen LogP contribution is -2.09. The number of hydrogen-bond acceptors (Lipinski definition) is 5. The van der Waals surface area contributed by atoms with Crippen molar-refractivity contribution in [2.45, 2.75) is 26.3 Å². The predicted molar refractivity (Wildman–Crippen MR) is 69.1 cm³/mol. The molecule has 0 atom stereocenters. The number of nitrogens with one attached hydrogen (secondary N) is 1. The Hall–Kier alpha value is -2.11. The van der Waals surface area contributed by atoms with Crippen molar-refractivity contribution in [2.24, 2.45) is 5.92 Å². The van der Waals surface area contributed by atoms with Crippen LogP contribution in [0.15, 0.2) is 24.2 Å². The van der Waals surface area contributed by atoms with Crippen molar-refractivity contribution in [2.75, 3.05) is 6.61 Å². The molecule has 0 radical (unpaired) electrons. The van der Waals surface area contributed by atoms with E-state index in [1.807, 2.05) is 0 Å². The zero-order chi connectivity index (χ0) is 13.8. The van der Waals surface area contributed by atoms with Crippen molar-refractivity contribution in [3.05, 3.63) is 29.8 Å². The third-order valence-corrected chi connectivity index (χ3v) is 2.85. The minimum absolute atomic E-state index is 0.0348. The summed E-state index contributed by atoms with van der Waals surface area (Å²) < 4.78 is 6.42. The van der Waals surface area contributed by atoms with Crippen molar-refractivity contribution in [3.63, 3.8) is 0 Å². The van der Waals surface area contributed by atoms with Crippen LogP contribution in [0.2, 0.25) is 0 Å². The van der Waals surface area contributed by atoms with Gasteiger partial charge in [0.25, 0.3) is 0 Å². The lowest BCUT2D eigenvalue weighted by Gasteiger charge is -2.00. The summed E-state index contributed by atoms with van der Waals surface area (Å²) in [6.45, 7) is 2.70. The van der Waals surface area contributed by atoms with Gasteiger partial charge in [-0.2, -0.15) is 5.10 Å². The minimum Gasteiger partial charge on any atom is -0.502 e. The second-order valence-corrected chi connectivity index (χ2v) is 4.56. The van der Waals surface area contributed by atoms with Crippen LogP contribution in [-0.2, 0) is 16.1 Å². The minimum atomic E-state index is -0.822. The topological polar surface area (TPSA) is 88.2 Å². The van der Waals surface area contributed by atoms with E-state index >= 15 is 0 Å². The summed E-state index contributed by atoms with van der Waals surface area (Å²) in [5.74, 6) is -0.690. The number of aliphatic hydroxyl groups excluding tert-OH is 1. The van der Waals surface area contributed by atoms with Gasteiger partial charge in [-0.25, -0.2) is 4.79 Å². The van der Waals surface area contributed by atoms with E-state index in [-0.39, 0.29) is 12.3 Å². The maximum atomic E-state index is 11.2. The molecule has 1 aliphatic carbocycles. The Kier molecular flexibility index (Phi) is 3.99. The summed E-state index contributed by atoms with van der Waals surface area (Å²) in [7, 11) is 0. The summed E-state index contributed by atoms with van der Waals surface area (Å²) in [5, 5.41) is 21.4. The van der Waals surface area contributed by atoms with Crippen molar-refractivity contribution >= 4 is 11.7 Å². The maximum Gasteiger partial charge on any atom is 0.373 e. The Morgan fingerprint density at radius 1 is 1.68 bits per heavy atom. The predicted octanol–water partition coefficient (Wildman–Crippen LogP) is 1.67. The standard InChI is InChI=1S/C13H17N3O3/c1-2-19-13(18)12(17)5-11(14)10-6-15-16(8-10)7-9-3-4-9/h5-6,8-9,14,17H,2-4,7H2,1H3/b12-5-,14-11?. The number of hydrogen-bond donors (Lipinski definition) is 2. The Morgan fingerprint density at radius 2 is 2.42 bits per heavy atom. The molecule has 1 heterocycles. The SMILES string of the molecule is CCOC(=O)/C(O)=C/C(=N)c1cnn(CC2CC2)c1. The summed E-state index contributed by atoms with van der Waals surface area (Å²) in [5.41, 5.74) is 0.601. The smallest absolute Gasteiger partial charge is 0.373 e. The van der Waals surface area contributed by atoms with Crippen LogP contribution in [0.5, 0.6) is 0 Å². The molecular formula is C13H17N3O3. The molecule has 19 heavy (non-hydrogen) atoms. The van der Waals surface area contributed by atoms with Crippen LogP contribution in [0.4, 0.5) is 0 Å². The maximum absolute atomic E-state index is 11.2. The summed E-state index contributed by atoms with van der Waals surface area (Å²) in [4.78, 5) is 11.2. The Morgan fingerprint density at radius 3 is 3.05 bits per heavy atom. The average molecular weight is 263 g/mol. The molecule has 0 aliphatic heterocycles. The first-order valence-corrected chi connectivity index (χ1v) is 6.29. The summed E-state index contributed by atoms with van der Waals surface area (Å²) in [6, 6.07) is 0. The molecule has 0 saturated heterocycles. The first-order valence-electron chi connectivity index (χ1n) is 6.29. The number of aliphatic hydroxyl groups is 1. The fourth-order valence-electron chi connectivity index (χ4n) is 1.65. The van der Waals surface area contributed by atoms with Gasteiger partial charge in [-0.1, -0.05) is 0 Å². The molecule has 6 heteroatoms. The van der Waals surface area contributed by atoms with Gasteiger partial charge in [0, 0.05) is 24.4 Å². The molecule has 0 unspecified atom stereocenters. The van der Waals surface area contributed by atoms with E-state index in [1.54, 1.807) is 24.0 Å². The van der Waals surface area contributed by atoms with Gasteiger partial charge in [-0.05, 0) is 25.7 Å². The highest BCUT2D eigenvalue weighted by molar-refractivity contribution is 6.09. The van der Waals surface area contributed by atoms with Crippen LogP contribution < -0.4 is 0 Å². The van der Waals surface area contributed by atoms with E-state index in [2.05, 4.69) is 9.84 Å². The zero-order valence-electron chi connectivity index (χ0n) is 10.8. The third kappa shape index (κ3) is 3.67. The Labute approximate surface area is 111 Å². The molecule has 1 aliphatic rings. The van der Waals surface area contributed by atoms with Gasteiger partial charge in [0.2, 0.25) is 5.76 Å². The molecular weight excluding hydrogens is 246 g/mol. The first kappa shape index (κ1) is 13.3. The van der Waals surface area contributed by atoms with Crippen molar-refractivity contribution in [1.82, 2.24) is 9.78 Å². The van der Waals surface area contributed by atoms with Crippen LogP contribution >= 0.6 is 0 Å². The zero-order valence-corrected chi connectivity index (χ0v) is 10.8. The van der Waals surface area contributed by atoms with E-state index in [0.717, 1.165) is 12.6 Å². The lowest BCUT2D eigenvalue weighted by molar-refractivity contribution is -0.141. The normalized spacial score (nSPS) is 15.3. The van der Waals surface area contributed by atoms with Crippen molar-refractivity contribution in [3.8, 4) is 0 Å². The fourth-order valence-corrected chi connectivity index (χ4v) is 1.65. The Bertz CT molecular complexity index is 515. The van der Waals surface area contributed by atoms with Gasteiger partial charge in [0.15, 0.2) is 0 Å². The highest BCUT2D eigenvalue weighted by Crippen LogP contribution is 2.30. The van der Waals surface area contributed by atoms with E-state index < -0.39 is 11.7 Å². The second-order valence-electron chi connectivity index (χ2n) is 4.56. The number of esters is 1. The Balaban J connectivity index is 2.00. The lowest BCUT2D eigenvalue weighted by atomic mass is 10.2. The molecule has 0 spiro atoms. The summed E-state index contributed by atoms with van der Waals surface area (Å²) >= 11 is 0. The van der Waals surface area contributed by atoms with Crippen LogP contribution in [-0.4, -0.2) is 33.2 Å². The molecule has 1 saturated carbocycles. The van der Waals surface area contributed by atoms with Crippen LogP contribution in [0.3, 0.4) is 0 Å². The molecule has 2 rings (SSSR count). The highest BCUT2D eigenvalue weighted by atomic mass is 16.5. The number of carbonyl (C=O) groups is 1. The molecule has 6 nitrogen and oxygen atoms in total. The van der Waals surface area contributed by atoms with E-state index in [4.69, 9.17) is 5.41 Å². The van der Waals surface area contributed by atoms with Gasteiger partial charge in [0.1, 0.15) is 0 Å². The highest BCUT2D eigenvalue weighted by Gasteiger charge is 2.22. The van der Waals surface area contributed by atoms with Gasteiger partial charge < -0.3 is 15.3 Å². The third-order valence-electron chi connectivity index (χ3n) is 2.85. The number of rotatable bonds is 6. The number of nitrogens with zero attached hydrogens (tertiary/aromatic N) is 2. The summed E-state index contributed by atoms with van der Waals surface area (Å²) in [6.07, 6.45) is 6.85. The largest absolute Gasteiger partial charge is 0.502 e. The molecule has 102 valence electrons. The first-order chi connectivity index (χ1) is 9.10. The van der Waals surface area contributed by atoms with E-state index in [1.165, 1.54) is 12.8 Å². The van der Waals surface area contributed by atoms with Crippen molar-refractivity contribution in [1.29, 1.82) is 5.41 Å². The average Bonchev–Trinajstić information content (AvgIpc) is 3.05. The molecule has 1 aromatic heterocycles. The number of ether oxygens (including phenoxy) is 1. The fraction of sp³-hybridized carbons (Fsp3) is 0.462. The van der Waals surface area contributed by atoms with Gasteiger partial charge in [-0.15, -0.1) is 0 Å². The molecule has 2 N–H and O–H groups in total. The van der Waals surface area contributed by atoms with E-state index in [9.17, 15) is 9.90 Å². The van der Waals surface area contributed by atoms with Crippen LogP contribution in [0.25, 0.3) is 0 Å². The number of carbonyl (C=O) groups excluding carboxylic acids is 1. The van der Waals surface area contributed by atoms with Gasteiger partial charge in [0.05, 0.1) is 18.5 Å². The number of allylic oxidation sites excluding steroid dienone is 1.